The van der Waals surface area contributed by atoms with Crippen molar-refractivity contribution in [1.82, 2.24) is 4.98 Å². The van der Waals surface area contributed by atoms with Gasteiger partial charge in [-0.3, -0.25) is 9.59 Å². The number of carbonyl (C=O) groups is 3. The Balaban J connectivity index is 1.50. The highest BCUT2D eigenvalue weighted by atomic mass is 32.1. The Kier molecular flexibility index (Phi) is 6.65. The summed E-state index contributed by atoms with van der Waals surface area (Å²) in [5.74, 6) is -0.793. The number of nitrogens with one attached hydrogen (secondary N) is 1. The van der Waals surface area contributed by atoms with Gasteiger partial charge in [0.2, 0.25) is 11.8 Å². The minimum atomic E-state index is -0.561. The zero-order valence-electron chi connectivity index (χ0n) is 19.4. The summed E-state index contributed by atoms with van der Waals surface area (Å²) in [5, 5.41) is 3.34. The van der Waals surface area contributed by atoms with Crippen LogP contribution in [-0.4, -0.2) is 43.5 Å². The molecule has 34 heavy (non-hydrogen) atoms. The Labute approximate surface area is 201 Å². The van der Waals surface area contributed by atoms with Crippen LogP contribution in [0.25, 0.3) is 11.3 Å². The highest BCUT2D eigenvalue weighted by Gasteiger charge is 2.37. The zero-order chi connectivity index (χ0) is 24.4. The highest BCUT2D eigenvalue weighted by molar-refractivity contribution is 7.16. The van der Waals surface area contributed by atoms with E-state index in [-0.39, 0.29) is 30.3 Å². The van der Waals surface area contributed by atoms with E-state index in [1.807, 2.05) is 32.0 Å². The number of thiazole rings is 1. The first-order valence-electron chi connectivity index (χ1n) is 10.7. The highest BCUT2D eigenvalue weighted by Crippen LogP contribution is 2.34. The van der Waals surface area contributed by atoms with Crippen LogP contribution in [0.5, 0.6) is 5.75 Å². The van der Waals surface area contributed by atoms with Crippen molar-refractivity contribution in [3.63, 3.8) is 0 Å². The van der Waals surface area contributed by atoms with Crippen LogP contribution in [-0.2, 0) is 14.3 Å². The fourth-order valence-electron chi connectivity index (χ4n) is 4.06. The molecule has 1 fully saturated rings. The van der Waals surface area contributed by atoms with Crippen molar-refractivity contribution in [3.8, 4) is 17.0 Å². The maximum absolute atomic E-state index is 13.0. The molecule has 8 nitrogen and oxygen atoms in total. The van der Waals surface area contributed by atoms with Crippen molar-refractivity contribution in [2.24, 2.45) is 5.92 Å². The van der Waals surface area contributed by atoms with Crippen LogP contribution >= 0.6 is 11.3 Å². The number of ether oxygens (including phenoxy) is 2. The lowest BCUT2D eigenvalue weighted by atomic mass is 10.1. The summed E-state index contributed by atoms with van der Waals surface area (Å²) < 4.78 is 10.2. The van der Waals surface area contributed by atoms with E-state index >= 15 is 0 Å². The van der Waals surface area contributed by atoms with E-state index < -0.39 is 11.9 Å². The van der Waals surface area contributed by atoms with E-state index in [1.165, 1.54) is 23.3 Å². The number of hydrogen-bond donors (Lipinski definition) is 1. The summed E-state index contributed by atoms with van der Waals surface area (Å²) in [6, 6.07) is 12.5. The van der Waals surface area contributed by atoms with Gasteiger partial charge >= 0.3 is 5.97 Å². The second-order valence-electron chi connectivity index (χ2n) is 8.01. The smallest absolute Gasteiger partial charge is 0.339 e. The number of amides is 2. The van der Waals surface area contributed by atoms with Gasteiger partial charge in [0, 0.05) is 23.4 Å². The Morgan fingerprint density at radius 1 is 1.15 bits per heavy atom. The molecule has 0 bridgehead atoms. The summed E-state index contributed by atoms with van der Waals surface area (Å²) in [6.07, 6.45) is 0.0518. The lowest BCUT2D eigenvalue weighted by molar-refractivity contribution is -0.122. The molecule has 176 valence electrons. The monoisotopic (exact) mass is 479 g/mol. The minimum Gasteiger partial charge on any atom is -0.496 e. The number of nitrogens with zero attached hydrogens (tertiary/aromatic N) is 2. The molecule has 0 spiro atoms. The SMILES string of the molecule is COC(=O)c1ccccc1N1CC(C(=O)Nc2nc(-c3ccc(OC)c(C)c3)c(C)s2)CC1=O. The number of esters is 1. The van der Waals surface area contributed by atoms with Gasteiger partial charge in [0.15, 0.2) is 5.13 Å². The Morgan fingerprint density at radius 3 is 2.62 bits per heavy atom. The second kappa shape index (κ2) is 9.64. The van der Waals surface area contributed by atoms with Crippen molar-refractivity contribution in [2.45, 2.75) is 20.3 Å². The maximum atomic E-state index is 13.0. The van der Waals surface area contributed by atoms with Gasteiger partial charge in [-0.05, 0) is 49.7 Å². The van der Waals surface area contributed by atoms with Gasteiger partial charge in [0.05, 0.1) is 37.1 Å². The average Bonchev–Trinajstić information content (AvgIpc) is 3.40. The number of methoxy groups -OCH3 is 2. The number of anilines is 2. The van der Waals surface area contributed by atoms with Crippen molar-refractivity contribution in [3.05, 3.63) is 58.5 Å². The molecule has 9 heteroatoms. The third-order valence-electron chi connectivity index (χ3n) is 5.79. The Hall–Kier alpha value is -3.72. The molecule has 1 aliphatic heterocycles. The molecule has 1 unspecified atom stereocenters. The normalized spacial score (nSPS) is 15.4. The molecule has 1 saturated heterocycles. The van der Waals surface area contributed by atoms with E-state index in [2.05, 4.69) is 10.3 Å². The third-order valence-corrected chi connectivity index (χ3v) is 6.68. The number of carbonyl (C=O) groups excluding carboxylic acids is 3. The largest absolute Gasteiger partial charge is 0.496 e. The summed E-state index contributed by atoms with van der Waals surface area (Å²) in [4.78, 5) is 44.8. The third kappa shape index (κ3) is 4.51. The second-order valence-corrected chi connectivity index (χ2v) is 9.21. The van der Waals surface area contributed by atoms with Crippen molar-refractivity contribution in [1.29, 1.82) is 0 Å². The zero-order valence-corrected chi connectivity index (χ0v) is 20.2. The van der Waals surface area contributed by atoms with Gasteiger partial charge in [0.1, 0.15) is 5.75 Å². The molecule has 2 aromatic carbocycles. The quantitative estimate of drug-likeness (QED) is 0.532. The van der Waals surface area contributed by atoms with Crippen LogP contribution < -0.4 is 15.0 Å². The van der Waals surface area contributed by atoms with Crippen molar-refractivity contribution >= 4 is 39.9 Å². The average molecular weight is 480 g/mol. The Bertz CT molecular complexity index is 1270. The van der Waals surface area contributed by atoms with Gasteiger partial charge in [-0.2, -0.15) is 0 Å². The molecule has 0 saturated carbocycles. The molecule has 2 heterocycles. The molecule has 1 N–H and O–H groups in total. The molecule has 4 rings (SSSR count). The fourth-order valence-corrected chi connectivity index (χ4v) is 4.90. The molecule has 1 aromatic heterocycles. The number of aromatic nitrogens is 1. The van der Waals surface area contributed by atoms with Crippen LogP contribution in [0.1, 0.15) is 27.2 Å². The number of benzene rings is 2. The molecule has 3 aromatic rings. The number of rotatable bonds is 6. The number of aryl methyl sites for hydroxylation is 2. The molecule has 0 aliphatic carbocycles. The van der Waals surface area contributed by atoms with E-state index in [0.717, 1.165) is 27.4 Å². The first-order chi connectivity index (χ1) is 16.3. The first kappa shape index (κ1) is 23.4. The molecular weight excluding hydrogens is 454 g/mol. The van der Waals surface area contributed by atoms with Crippen LogP contribution in [0.4, 0.5) is 10.8 Å². The Morgan fingerprint density at radius 2 is 1.91 bits per heavy atom. The van der Waals surface area contributed by atoms with Crippen molar-refractivity contribution < 1.29 is 23.9 Å². The van der Waals surface area contributed by atoms with E-state index in [1.54, 1.807) is 31.4 Å². The van der Waals surface area contributed by atoms with Gasteiger partial charge < -0.3 is 19.7 Å². The van der Waals surface area contributed by atoms with Crippen LogP contribution in [0.15, 0.2) is 42.5 Å². The lowest BCUT2D eigenvalue weighted by Gasteiger charge is -2.19. The van der Waals surface area contributed by atoms with Gasteiger partial charge in [0.25, 0.3) is 0 Å². The molecule has 2 amide bonds. The molecule has 1 aliphatic rings. The summed E-state index contributed by atoms with van der Waals surface area (Å²) >= 11 is 1.39. The van der Waals surface area contributed by atoms with E-state index in [9.17, 15) is 14.4 Å². The summed E-state index contributed by atoms with van der Waals surface area (Å²) in [6.45, 7) is 4.09. The number of para-hydroxylation sites is 1. The standard InChI is InChI=1S/C25H25N3O5S/c1-14-11-16(9-10-20(14)32-3)22-15(2)34-25(26-22)27-23(30)17-12-21(29)28(13-17)19-8-6-5-7-18(19)24(31)33-4/h5-11,17H,12-13H2,1-4H3,(H,26,27,30). The minimum absolute atomic E-state index is 0.0518. The lowest BCUT2D eigenvalue weighted by Crippen LogP contribution is -2.29. The van der Waals surface area contributed by atoms with Crippen LogP contribution in [0.2, 0.25) is 0 Å². The van der Waals surface area contributed by atoms with Gasteiger partial charge in [-0.1, -0.05) is 12.1 Å². The van der Waals surface area contributed by atoms with E-state index in [4.69, 9.17) is 9.47 Å². The topological polar surface area (TPSA) is 97.8 Å². The predicted octanol–water partition coefficient (Wildman–Crippen LogP) is 4.21. The molecule has 1 atom stereocenters. The van der Waals surface area contributed by atoms with Crippen LogP contribution in [0.3, 0.4) is 0 Å². The summed E-state index contributed by atoms with van der Waals surface area (Å²) in [7, 11) is 2.92. The number of hydrogen-bond acceptors (Lipinski definition) is 7. The fraction of sp³-hybridized carbons (Fsp3) is 0.280. The first-order valence-corrected chi connectivity index (χ1v) is 11.5. The van der Waals surface area contributed by atoms with Gasteiger partial charge in [-0.25, -0.2) is 9.78 Å². The molecular formula is C25H25N3O5S. The predicted molar refractivity (Wildman–Crippen MR) is 130 cm³/mol. The van der Waals surface area contributed by atoms with Gasteiger partial charge in [-0.15, -0.1) is 11.3 Å². The van der Waals surface area contributed by atoms with Crippen LogP contribution in [0, 0.1) is 19.8 Å². The molecule has 0 radical (unpaired) electrons. The maximum Gasteiger partial charge on any atom is 0.339 e. The van der Waals surface area contributed by atoms with E-state index in [0.29, 0.717) is 10.8 Å². The summed E-state index contributed by atoms with van der Waals surface area (Å²) in [5.41, 5.74) is 3.46. The van der Waals surface area contributed by atoms with Crippen molar-refractivity contribution in [2.75, 3.05) is 31.0 Å².